The Morgan fingerprint density at radius 1 is 1.17 bits per heavy atom. The predicted octanol–water partition coefficient (Wildman–Crippen LogP) is 3.88. The van der Waals surface area contributed by atoms with Gasteiger partial charge in [0.1, 0.15) is 9.46 Å². The van der Waals surface area contributed by atoms with Gasteiger partial charge in [0.25, 0.3) is 0 Å². The maximum Gasteiger partial charge on any atom is 0.220 e. The van der Waals surface area contributed by atoms with Crippen LogP contribution in [0, 0.1) is 5.41 Å². The van der Waals surface area contributed by atoms with Gasteiger partial charge in [0.05, 0.1) is 0 Å². The summed E-state index contributed by atoms with van der Waals surface area (Å²) >= 11 is 2.60. The van der Waals surface area contributed by atoms with Crippen molar-refractivity contribution in [3.8, 4) is 0 Å². The maximum atomic E-state index is 12.9. The quantitative estimate of drug-likeness (QED) is 0.838. The molecule has 0 saturated carbocycles. The van der Waals surface area contributed by atoms with E-state index in [1.54, 1.807) is 23.6 Å². The van der Waals surface area contributed by atoms with Gasteiger partial charge in [0.2, 0.25) is 5.91 Å². The molecule has 0 bridgehead atoms. The van der Waals surface area contributed by atoms with Crippen molar-refractivity contribution in [1.29, 1.82) is 0 Å². The first-order valence-corrected chi connectivity index (χ1v) is 10.6. The standard InChI is InChI=1S/C16H21NO3S3/c1-16(2,3)10-14(18)17-11-13(12-6-4-8-21-12)23(19,20)15-7-5-9-22-15/h4-9,13H,10-11H2,1-3H3,(H,17,18). The molecule has 2 heterocycles. The molecule has 0 aromatic carbocycles. The third-order valence-corrected chi connectivity index (χ3v) is 7.84. The largest absolute Gasteiger partial charge is 0.354 e. The molecule has 0 spiro atoms. The molecule has 23 heavy (non-hydrogen) atoms. The Kier molecular flexibility index (Phi) is 5.65. The Morgan fingerprint density at radius 2 is 1.83 bits per heavy atom. The van der Waals surface area contributed by atoms with Crippen LogP contribution in [0.5, 0.6) is 0 Å². The lowest BCUT2D eigenvalue weighted by Gasteiger charge is -2.20. The number of carbonyl (C=O) groups is 1. The van der Waals surface area contributed by atoms with Crippen LogP contribution in [0.4, 0.5) is 0 Å². The molecule has 1 atom stereocenters. The molecular formula is C16H21NO3S3. The van der Waals surface area contributed by atoms with Gasteiger partial charge in [-0.3, -0.25) is 4.79 Å². The van der Waals surface area contributed by atoms with E-state index >= 15 is 0 Å². The monoisotopic (exact) mass is 371 g/mol. The first kappa shape index (κ1) is 18.2. The Balaban J connectivity index is 2.19. The van der Waals surface area contributed by atoms with Crippen LogP contribution in [-0.4, -0.2) is 20.9 Å². The molecule has 2 rings (SSSR count). The van der Waals surface area contributed by atoms with E-state index in [0.717, 1.165) is 4.88 Å². The molecule has 1 amide bonds. The SMILES string of the molecule is CC(C)(C)CC(=O)NCC(c1cccs1)S(=O)(=O)c1cccs1. The van der Waals surface area contributed by atoms with Crippen LogP contribution in [0.25, 0.3) is 0 Å². The third-order valence-electron chi connectivity index (χ3n) is 3.19. The van der Waals surface area contributed by atoms with Gasteiger partial charge < -0.3 is 5.32 Å². The lowest BCUT2D eigenvalue weighted by Crippen LogP contribution is -2.33. The Hall–Kier alpha value is -1.18. The minimum atomic E-state index is -3.51. The zero-order valence-electron chi connectivity index (χ0n) is 13.4. The molecule has 0 aliphatic rings. The fraction of sp³-hybridized carbons (Fsp3) is 0.438. The molecule has 126 valence electrons. The lowest BCUT2D eigenvalue weighted by molar-refractivity contribution is -0.122. The lowest BCUT2D eigenvalue weighted by atomic mass is 9.92. The van der Waals surface area contributed by atoms with E-state index in [1.165, 1.54) is 22.7 Å². The predicted molar refractivity (Wildman–Crippen MR) is 95.6 cm³/mol. The number of thiophene rings is 2. The first-order chi connectivity index (χ1) is 10.7. The fourth-order valence-corrected chi connectivity index (χ4v) is 6.14. The zero-order valence-corrected chi connectivity index (χ0v) is 15.9. The van der Waals surface area contributed by atoms with Crippen molar-refractivity contribution in [1.82, 2.24) is 5.32 Å². The zero-order chi connectivity index (χ0) is 17.1. The van der Waals surface area contributed by atoms with Gasteiger partial charge in [-0.1, -0.05) is 32.9 Å². The van der Waals surface area contributed by atoms with E-state index in [2.05, 4.69) is 5.32 Å². The van der Waals surface area contributed by atoms with Gasteiger partial charge in [-0.25, -0.2) is 8.42 Å². The van der Waals surface area contributed by atoms with Crippen LogP contribution in [0.3, 0.4) is 0 Å². The van der Waals surface area contributed by atoms with E-state index in [-0.39, 0.29) is 17.9 Å². The number of hydrogen-bond acceptors (Lipinski definition) is 5. The van der Waals surface area contributed by atoms with Gasteiger partial charge in [-0.05, 0) is 28.3 Å². The molecule has 4 nitrogen and oxygen atoms in total. The third kappa shape index (κ3) is 4.89. The van der Waals surface area contributed by atoms with Gasteiger partial charge in [0.15, 0.2) is 9.84 Å². The van der Waals surface area contributed by atoms with Gasteiger partial charge in [-0.15, -0.1) is 22.7 Å². The molecule has 0 saturated heterocycles. The second-order valence-corrected chi connectivity index (χ2v) is 10.8. The van der Waals surface area contributed by atoms with E-state index < -0.39 is 15.1 Å². The van der Waals surface area contributed by atoms with Crippen LogP contribution in [0.1, 0.15) is 37.3 Å². The molecule has 7 heteroatoms. The summed E-state index contributed by atoms with van der Waals surface area (Å²) in [6.07, 6.45) is 0.364. The number of sulfone groups is 1. The van der Waals surface area contributed by atoms with Crippen molar-refractivity contribution in [2.75, 3.05) is 6.54 Å². The van der Waals surface area contributed by atoms with E-state index in [9.17, 15) is 13.2 Å². The summed E-state index contributed by atoms with van der Waals surface area (Å²) in [5.41, 5.74) is -0.130. The van der Waals surface area contributed by atoms with Crippen LogP contribution in [0.15, 0.2) is 39.2 Å². The number of hydrogen-bond donors (Lipinski definition) is 1. The van der Waals surface area contributed by atoms with Crippen LogP contribution in [0.2, 0.25) is 0 Å². The topological polar surface area (TPSA) is 63.2 Å². The Bertz CT molecular complexity index is 726. The summed E-state index contributed by atoms with van der Waals surface area (Å²) < 4.78 is 26.0. The van der Waals surface area contributed by atoms with Gasteiger partial charge >= 0.3 is 0 Å². The fourth-order valence-electron chi connectivity index (χ4n) is 2.15. The van der Waals surface area contributed by atoms with Gasteiger partial charge in [-0.2, -0.15) is 0 Å². The molecule has 0 aliphatic carbocycles. The van der Waals surface area contributed by atoms with Crippen LogP contribution < -0.4 is 5.32 Å². The van der Waals surface area contributed by atoms with Crippen molar-refractivity contribution >= 4 is 38.4 Å². The van der Waals surface area contributed by atoms with Crippen LogP contribution in [-0.2, 0) is 14.6 Å². The summed E-state index contributed by atoms with van der Waals surface area (Å²) in [7, 11) is -3.51. The summed E-state index contributed by atoms with van der Waals surface area (Å²) in [6.45, 7) is 6.03. The number of nitrogens with one attached hydrogen (secondary N) is 1. The van der Waals surface area contributed by atoms with Crippen molar-refractivity contribution in [2.24, 2.45) is 5.41 Å². The summed E-state index contributed by atoms with van der Waals surface area (Å²) in [6, 6.07) is 6.96. The molecule has 0 aliphatic heterocycles. The molecule has 1 unspecified atom stereocenters. The highest BCUT2D eigenvalue weighted by atomic mass is 32.2. The van der Waals surface area contributed by atoms with Crippen molar-refractivity contribution in [3.63, 3.8) is 0 Å². The van der Waals surface area contributed by atoms with E-state index in [1.807, 2.05) is 32.2 Å². The van der Waals surface area contributed by atoms with Crippen molar-refractivity contribution < 1.29 is 13.2 Å². The minimum absolute atomic E-state index is 0.0929. The highest BCUT2D eigenvalue weighted by Gasteiger charge is 2.31. The molecule has 0 fully saturated rings. The summed E-state index contributed by atoms with van der Waals surface area (Å²) in [5.74, 6) is -0.125. The van der Waals surface area contributed by atoms with Crippen LogP contribution >= 0.6 is 22.7 Å². The summed E-state index contributed by atoms with van der Waals surface area (Å²) in [5, 5.41) is 5.64. The normalized spacial score (nSPS) is 13.7. The van der Waals surface area contributed by atoms with E-state index in [4.69, 9.17) is 0 Å². The first-order valence-electron chi connectivity index (χ1n) is 7.28. The average Bonchev–Trinajstić information content (AvgIpc) is 3.10. The average molecular weight is 372 g/mol. The molecule has 2 aromatic rings. The highest BCUT2D eigenvalue weighted by Crippen LogP contribution is 2.33. The number of carbonyl (C=O) groups excluding carboxylic acids is 1. The number of rotatable bonds is 6. The smallest absolute Gasteiger partial charge is 0.220 e. The van der Waals surface area contributed by atoms with Gasteiger partial charge in [0, 0.05) is 17.8 Å². The van der Waals surface area contributed by atoms with Crippen molar-refractivity contribution in [3.05, 3.63) is 39.9 Å². The second kappa shape index (κ2) is 7.15. The Morgan fingerprint density at radius 3 is 2.35 bits per heavy atom. The minimum Gasteiger partial charge on any atom is -0.354 e. The maximum absolute atomic E-state index is 12.9. The van der Waals surface area contributed by atoms with E-state index in [0.29, 0.717) is 10.6 Å². The molecular weight excluding hydrogens is 350 g/mol. The molecule has 0 radical (unpaired) electrons. The van der Waals surface area contributed by atoms with Crippen molar-refractivity contribution in [2.45, 2.75) is 36.7 Å². The second-order valence-electron chi connectivity index (χ2n) is 6.52. The Labute approximate surface area is 145 Å². The molecule has 1 N–H and O–H groups in total. The highest BCUT2D eigenvalue weighted by molar-refractivity contribution is 7.93. The molecule has 2 aromatic heterocycles. The number of amides is 1. The summed E-state index contributed by atoms with van der Waals surface area (Å²) in [4.78, 5) is 12.8.